The summed E-state index contributed by atoms with van der Waals surface area (Å²) < 4.78 is 36.5. The van der Waals surface area contributed by atoms with E-state index in [9.17, 15) is 8.78 Å². The summed E-state index contributed by atoms with van der Waals surface area (Å²) in [7, 11) is 1.39. The first-order valence-electron chi connectivity index (χ1n) is 5.53. The maximum atomic E-state index is 13.5. The van der Waals surface area contributed by atoms with Crippen molar-refractivity contribution in [1.82, 2.24) is 5.32 Å². The summed E-state index contributed by atoms with van der Waals surface area (Å²) in [5, 5.41) is 3.19. The number of halogens is 2. The van der Waals surface area contributed by atoms with Crippen LogP contribution >= 0.6 is 0 Å². The highest BCUT2D eigenvalue weighted by molar-refractivity contribution is 5.31. The van der Waals surface area contributed by atoms with E-state index in [1.54, 1.807) is 0 Å². The van der Waals surface area contributed by atoms with Gasteiger partial charge in [-0.25, -0.2) is 8.78 Å². The molecule has 0 unspecified atom stereocenters. The minimum atomic E-state index is -0.699. The van der Waals surface area contributed by atoms with Gasteiger partial charge in [0.25, 0.3) is 0 Å². The molecule has 5 heteroatoms. The van der Waals surface area contributed by atoms with Gasteiger partial charge in [-0.05, 0) is 30.5 Å². The Labute approximate surface area is 98.7 Å². The molecule has 0 radical (unpaired) electrons. The van der Waals surface area contributed by atoms with Crippen LogP contribution in [0.3, 0.4) is 0 Å². The fourth-order valence-electron chi connectivity index (χ4n) is 1.52. The van der Waals surface area contributed by atoms with E-state index in [0.29, 0.717) is 18.2 Å². The van der Waals surface area contributed by atoms with Crippen molar-refractivity contribution >= 4 is 0 Å². The molecule has 3 nitrogen and oxygen atoms in total. The molecule has 2 rings (SSSR count). The second-order valence-corrected chi connectivity index (χ2v) is 4.09. The fraction of sp³-hybridized carbons (Fsp3) is 0.500. The molecule has 1 saturated carbocycles. The smallest absolute Gasteiger partial charge is 0.193 e. The van der Waals surface area contributed by atoms with E-state index in [0.717, 1.165) is 12.8 Å². The quantitative estimate of drug-likeness (QED) is 0.777. The molecule has 1 N–H and O–H groups in total. The van der Waals surface area contributed by atoms with Crippen LogP contribution in [0.25, 0.3) is 0 Å². The highest BCUT2D eigenvalue weighted by Crippen LogP contribution is 2.24. The summed E-state index contributed by atoms with van der Waals surface area (Å²) in [6.07, 6.45) is 2.28. The van der Waals surface area contributed by atoms with Gasteiger partial charge in [0, 0.05) is 19.7 Å². The van der Waals surface area contributed by atoms with Crippen molar-refractivity contribution in [2.24, 2.45) is 0 Å². The molecule has 0 amide bonds. The first kappa shape index (κ1) is 12.3. The Balaban J connectivity index is 2.03. The Morgan fingerprint density at radius 1 is 1.29 bits per heavy atom. The summed E-state index contributed by atoms with van der Waals surface area (Å²) in [4.78, 5) is 0. The van der Waals surface area contributed by atoms with E-state index in [-0.39, 0.29) is 12.5 Å². The average molecular weight is 243 g/mol. The van der Waals surface area contributed by atoms with Crippen LogP contribution < -0.4 is 10.1 Å². The van der Waals surface area contributed by atoms with Gasteiger partial charge in [-0.3, -0.25) is 0 Å². The molecule has 1 aromatic carbocycles. The van der Waals surface area contributed by atoms with Gasteiger partial charge in [0.1, 0.15) is 0 Å². The maximum absolute atomic E-state index is 13.5. The molecular formula is C12H15F2NO2. The first-order valence-corrected chi connectivity index (χ1v) is 5.53. The van der Waals surface area contributed by atoms with E-state index < -0.39 is 11.6 Å². The van der Waals surface area contributed by atoms with Crippen molar-refractivity contribution in [3.05, 3.63) is 29.3 Å². The summed E-state index contributed by atoms with van der Waals surface area (Å²) in [5.41, 5.74) is 0.580. The van der Waals surface area contributed by atoms with Crippen LogP contribution in [0.4, 0.5) is 8.78 Å². The highest BCUT2D eigenvalue weighted by atomic mass is 19.1. The largest absolute Gasteiger partial charge is 0.461 e. The average Bonchev–Trinajstić information content (AvgIpc) is 3.09. The predicted molar refractivity (Wildman–Crippen MR) is 58.7 cm³/mol. The number of methoxy groups -OCH3 is 1. The van der Waals surface area contributed by atoms with E-state index in [1.165, 1.54) is 19.2 Å². The summed E-state index contributed by atoms with van der Waals surface area (Å²) in [6, 6.07) is 3.07. The lowest BCUT2D eigenvalue weighted by atomic mass is 10.2. The van der Waals surface area contributed by atoms with Gasteiger partial charge in [0.15, 0.2) is 24.2 Å². The van der Waals surface area contributed by atoms with Crippen LogP contribution in [0.5, 0.6) is 5.75 Å². The Morgan fingerprint density at radius 3 is 2.47 bits per heavy atom. The normalized spacial score (nSPS) is 15.0. The molecule has 1 aliphatic rings. The van der Waals surface area contributed by atoms with Crippen LogP contribution in [0.2, 0.25) is 0 Å². The summed E-state index contributed by atoms with van der Waals surface area (Å²) >= 11 is 0. The number of benzene rings is 1. The Hall–Kier alpha value is -1.20. The zero-order chi connectivity index (χ0) is 12.3. The molecule has 0 aliphatic heterocycles. The Bertz CT molecular complexity index is 371. The molecular weight excluding hydrogens is 228 g/mol. The monoisotopic (exact) mass is 243 g/mol. The predicted octanol–water partition coefficient (Wildman–Crippen LogP) is 2.20. The summed E-state index contributed by atoms with van der Waals surface area (Å²) in [5.74, 6) is -1.79. The second kappa shape index (κ2) is 5.42. The van der Waals surface area contributed by atoms with Crippen molar-refractivity contribution in [3.63, 3.8) is 0 Å². The first-order chi connectivity index (χ1) is 8.20. The van der Waals surface area contributed by atoms with Crippen LogP contribution in [0, 0.1) is 11.6 Å². The van der Waals surface area contributed by atoms with Crippen molar-refractivity contribution in [2.45, 2.75) is 25.4 Å². The van der Waals surface area contributed by atoms with Crippen molar-refractivity contribution in [1.29, 1.82) is 0 Å². The zero-order valence-corrected chi connectivity index (χ0v) is 9.63. The van der Waals surface area contributed by atoms with E-state index >= 15 is 0 Å². The molecule has 0 heterocycles. The fourth-order valence-corrected chi connectivity index (χ4v) is 1.52. The third kappa shape index (κ3) is 3.38. The standard InChI is InChI=1S/C12H15F2NO2/c1-16-7-17-12-10(13)4-8(5-11(12)14)6-15-9-2-3-9/h4-5,9,15H,2-3,6-7H2,1H3. The maximum Gasteiger partial charge on any atom is 0.193 e. The van der Waals surface area contributed by atoms with Crippen LogP contribution in [0.15, 0.2) is 12.1 Å². The van der Waals surface area contributed by atoms with Crippen LogP contribution in [0.1, 0.15) is 18.4 Å². The molecule has 1 fully saturated rings. The molecule has 0 saturated heterocycles. The lowest BCUT2D eigenvalue weighted by Gasteiger charge is -2.09. The molecule has 94 valence electrons. The number of ether oxygens (including phenoxy) is 2. The lowest BCUT2D eigenvalue weighted by Crippen LogP contribution is -2.15. The topological polar surface area (TPSA) is 30.5 Å². The van der Waals surface area contributed by atoms with Gasteiger partial charge in [-0.15, -0.1) is 0 Å². The van der Waals surface area contributed by atoms with Crippen molar-refractivity contribution < 1.29 is 18.3 Å². The minimum absolute atomic E-state index is 0.173. The van der Waals surface area contributed by atoms with Gasteiger partial charge in [0.05, 0.1) is 0 Å². The van der Waals surface area contributed by atoms with Gasteiger partial charge < -0.3 is 14.8 Å². The van der Waals surface area contributed by atoms with E-state index in [4.69, 9.17) is 4.74 Å². The third-order valence-corrected chi connectivity index (χ3v) is 2.55. The van der Waals surface area contributed by atoms with Gasteiger partial charge >= 0.3 is 0 Å². The van der Waals surface area contributed by atoms with Gasteiger partial charge in [0.2, 0.25) is 0 Å². The summed E-state index contributed by atoms with van der Waals surface area (Å²) in [6.45, 7) is 0.302. The molecule has 1 aromatic rings. The molecule has 0 bridgehead atoms. The third-order valence-electron chi connectivity index (χ3n) is 2.55. The number of rotatable bonds is 6. The molecule has 0 spiro atoms. The minimum Gasteiger partial charge on any atom is -0.461 e. The van der Waals surface area contributed by atoms with Crippen LogP contribution in [-0.2, 0) is 11.3 Å². The van der Waals surface area contributed by atoms with Crippen molar-refractivity contribution in [2.75, 3.05) is 13.9 Å². The Kier molecular flexibility index (Phi) is 3.91. The van der Waals surface area contributed by atoms with Gasteiger partial charge in [-0.1, -0.05) is 0 Å². The molecule has 1 aliphatic carbocycles. The number of nitrogens with one attached hydrogen (secondary N) is 1. The number of hydrogen-bond acceptors (Lipinski definition) is 3. The van der Waals surface area contributed by atoms with E-state index in [2.05, 4.69) is 10.1 Å². The van der Waals surface area contributed by atoms with Gasteiger partial charge in [-0.2, -0.15) is 0 Å². The lowest BCUT2D eigenvalue weighted by molar-refractivity contribution is 0.0452. The second-order valence-electron chi connectivity index (χ2n) is 4.09. The zero-order valence-electron chi connectivity index (χ0n) is 9.63. The SMILES string of the molecule is COCOc1c(F)cc(CNC2CC2)cc1F. The number of hydrogen-bond donors (Lipinski definition) is 1. The molecule has 17 heavy (non-hydrogen) atoms. The highest BCUT2D eigenvalue weighted by Gasteiger charge is 2.20. The molecule has 0 atom stereocenters. The van der Waals surface area contributed by atoms with Crippen molar-refractivity contribution in [3.8, 4) is 5.75 Å². The van der Waals surface area contributed by atoms with Crippen LogP contribution in [-0.4, -0.2) is 19.9 Å². The van der Waals surface area contributed by atoms with E-state index in [1.807, 2.05) is 0 Å². The Morgan fingerprint density at radius 2 is 1.94 bits per heavy atom. The molecule has 0 aromatic heterocycles.